The van der Waals surface area contributed by atoms with E-state index in [0.717, 1.165) is 35.6 Å². The van der Waals surface area contributed by atoms with Gasteiger partial charge < -0.3 is 10.6 Å². The van der Waals surface area contributed by atoms with Crippen LogP contribution in [0.25, 0.3) is 0 Å². The number of hydrogen-bond donors (Lipinski definition) is 1. The van der Waals surface area contributed by atoms with Gasteiger partial charge >= 0.3 is 0 Å². The molecule has 0 aliphatic rings. The van der Waals surface area contributed by atoms with E-state index < -0.39 is 0 Å². The molecule has 3 nitrogen and oxygen atoms in total. The number of hydrogen-bond acceptors (Lipinski definition) is 3. The van der Waals surface area contributed by atoms with E-state index in [-0.39, 0.29) is 0 Å². The highest BCUT2D eigenvalue weighted by molar-refractivity contribution is 5.54. The van der Waals surface area contributed by atoms with E-state index in [0.29, 0.717) is 0 Å². The molecule has 0 amide bonds. The number of nitrogen functional groups attached to an aromatic ring is 1. The molecule has 0 atom stereocenters. The van der Waals surface area contributed by atoms with Crippen molar-refractivity contribution in [2.45, 2.75) is 20.4 Å². The molecule has 2 aromatic carbocycles. The number of anilines is 2. The summed E-state index contributed by atoms with van der Waals surface area (Å²) in [6, 6.07) is 16.1. The second-order valence-corrected chi connectivity index (χ2v) is 4.87. The van der Waals surface area contributed by atoms with Gasteiger partial charge in [-0.15, -0.1) is 0 Å². The van der Waals surface area contributed by atoms with Gasteiger partial charge in [0.05, 0.1) is 11.6 Å². The quantitative estimate of drug-likeness (QED) is 0.861. The van der Waals surface area contributed by atoms with Crippen LogP contribution in [-0.4, -0.2) is 6.54 Å². The molecule has 102 valence electrons. The van der Waals surface area contributed by atoms with Gasteiger partial charge in [0.25, 0.3) is 0 Å². The Kier molecular flexibility index (Phi) is 4.27. The molecular weight excluding hydrogens is 246 g/mol. The zero-order valence-corrected chi connectivity index (χ0v) is 11.9. The van der Waals surface area contributed by atoms with Crippen LogP contribution in [-0.2, 0) is 6.54 Å². The van der Waals surface area contributed by atoms with Gasteiger partial charge in [-0.3, -0.25) is 0 Å². The van der Waals surface area contributed by atoms with E-state index in [4.69, 9.17) is 11.0 Å². The first-order valence-corrected chi connectivity index (χ1v) is 6.74. The number of aryl methyl sites for hydroxylation is 1. The van der Waals surface area contributed by atoms with Gasteiger partial charge in [0.15, 0.2) is 0 Å². The summed E-state index contributed by atoms with van der Waals surface area (Å²) >= 11 is 0. The van der Waals surface area contributed by atoms with Crippen LogP contribution >= 0.6 is 0 Å². The molecule has 2 N–H and O–H groups in total. The SMILES string of the molecule is CCN(Cc1cccc(N)c1)c1ccc(C#N)c(C)c1. The van der Waals surface area contributed by atoms with Crippen molar-refractivity contribution < 1.29 is 0 Å². The zero-order chi connectivity index (χ0) is 14.5. The third-order valence-corrected chi connectivity index (χ3v) is 3.40. The van der Waals surface area contributed by atoms with Crippen LogP contribution in [0.1, 0.15) is 23.6 Å². The number of nitrogens with two attached hydrogens (primary N) is 1. The summed E-state index contributed by atoms with van der Waals surface area (Å²) in [5.74, 6) is 0. The molecule has 2 rings (SSSR count). The first-order chi connectivity index (χ1) is 9.63. The molecule has 0 bridgehead atoms. The predicted octanol–water partition coefficient (Wildman–Crippen LogP) is 3.48. The summed E-state index contributed by atoms with van der Waals surface area (Å²) in [6.45, 7) is 5.81. The minimum Gasteiger partial charge on any atom is -0.399 e. The van der Waals surface area contributed by atoms with Crippen LogP contribution in [0.5, 0.6) is 0 Å². The Morgan fingerprint density at radius 1 is 1.20 bits per heavy atom. The van der Waals surface area contributed by atoms with E-state index in [2.05, 4.69) is 30.0 Å². The van der Waals surface area contributed by atoms with E-state index >= 15 is 0 Å². The van der Waals surface area contributed by atoms with Crippen molar-refractivity contribution in [3.63, 3.8) is 0 Å². The van der Waals surface area contributed by atoms with Gasteiger partial charge in [-0.2, -0.15) is 5.26 Å². The lowest BCUT2D eigenvalue weighted by atomic mass is 10.1. The zero-order valence-electron chi connectivity index (χ0n) is 11.9. The van der Waals surface area contributed by atoms with Gasteiger partial charge in [0.1, 0.15) is 0 Å². The highest BCUT2D eigenvalue weighted by Crippen LogP contribution is 2.21. The van der Waals surface area contributed by atoms with Crippen molar-refractivity contribution in [3.8, 4) is 6.07 Å². The fourth-order valence-corrected chi connectivity index (χ4v) is 2.27. The van der Waals surface area contributed by atoms with Crippen molar-refractivity contribution in [2.24, 2.45) is 0 Å². The van der Waals surface area contributed by atoms with Gasteiger partial charge in [0, 0.05) is 24.5 Å². The Hall–Kier alpha value is -2.47. The molecule has 0 unspecified atom stereocenters. The fourth-order valence-electron chi connectivity index (χ4n) is 2.27. The molecule has 0 heterocycles. The molecule has 3 heteroatoms. The lowest BCUT2D eigenvalue weighted by Crippen LogP contribution is -2.22. The maximum atomic E-state index is 8.99. The Bertz CT molecular complexity index is 641. The average molecular weight is 265 g/mol. The van der Waals surface area contributed by atoms with Crippen molar-refractivity contribution in [3.05, 3.63) is 59.2 Å². The summed E-state index contributed by atoms with van der Waals surface area (Å²) in [5, 5.41) is 8.99. The Balaban J connectivity index is 2.24. The van der Waals surface area contributed by atoms with Crippen LogP contribution < -0.4 is 10.6 Å². The van der Waals surface area contributed by atoms with Crippen LogP contribution in [0.15, 0.2) is 42.5 Å². The van der Waals surface area contributed by atoms with Crippen LogP contribution in [0.4, 0.5) is 11.4 Å². The second kappa shape index (κ2) is 6.12. The number of nitrogens with zero attached hydrogens (tertiary/aromatic N) is 2. The van der Waals surface area contributed by atoms with Gasteiger partial charge in [-0.1, -0.05) is 12.1 Å². The van der Waals surface area contributed by atoms with Crippen molar-refractivity contribution in [2.75, 3.05) is 17.2 Å². The molecule has 0 radical (unpaired) electrons. The van der Waals surface area contributed by atoms with Gasteiger partial charge in [-0.05, 0) is 55.3 Å². The summed E-state index contributed by atoms with van der Waals surface area (Å²) in [7, 11) is 0. The molecule has 0 saturated carbocycles. The molecule has 0 aliphatic carbocycles. The standard InChI is InChI=1S/C17H19N3/c1-3-20(12-14-5-4-6-16(19)10-14)17-8-7-15(11-18)13(2)9-17/h4-10H,3,12,19H2,1-2H3. The van der Waals surface area contributed by atoms with Crippen LogP contribution in [0.3, 0.4) is 0 Å². The second-order valence-electron chi connectivity index (χ2n) is 4.87. The third-order valence-electron chi connectivity index (χ3n) is 3.40. The number of benzene rings is 2. The molecular formula is C17H19N3. The van der Waals surface area contributed by atoms with Crippen LogP contribution in [0, 0.1) is 18.3 Å². The summed E-state index contributed by atoms with van der Waals surface area (Å²) in [4.78, 5) is 2.27. The Morgan fingerprint density at radius 2 is 2.00 bits per heavy atom. The molecule has 0 aromatic heterocycles. The van der Waals surface area contributed by atoms with Gasteiger partial charge in [0.2, 0.25) is 0 Å². The van der Waals surface area contributed by atoms with E-state index in [1.54, 1.807) is 0 Å². The first kappa shape index (κ1) is 14.0. The number of rotatable bonds is 4. The van der Waals surface area contributed by atoms with Crippen molar-refractivity contribution >= 4 is 11.4 Å². The van der Waals surface area contributed by atoms with Crippen molar-refractivity contribution in [1.29, 1.82) is 5.26 Å². The number of nitriles is 1. The lowest BCUT2D eigenvalue weighted by molar-refractivity contribution is 0.831. The maximum Gasteiger partial charge on any atom is 0.0994 e. The Morgan fingerprint density at radius 3 is 2.60 bits per heavy atom. The molecule has 0 aliphatic heterocycles. The molecule has 0 fully saturated rings. The highest BCUT2D eigenvalue weighted by atomic mass is 15.1. The smallest absolute Gasteiger partial charge is 0.0994 e. The van der Waals surface area contributed by atoms with E-state index in [1.807, 2.05) is 37.3 Å². The van der Waals surface area contributed by atoms with E-state index in [1.165, 1.54) is 5.56 Å². The van der Waals surface area contributed by atoms with Crippen LogP contribution in [0.2, 0.25) is 0 Å². The summed E-state index contributed by atoms with van der Waals surface area (Å²) in [5.41, 5.74) is 10.7. The fraction of sp³-hybridized carbons (Fsp3) is 0.235. The summed E-state index contributed by atoms with van der Waals surface area (Å²) < 4.78 is 0. The molecule has 20 heavy (non-hydrogen) atoms. The topological polar surface area (TPSA) is 53.0 Å². The minimum absolute atomic E-state index is 0.730. The normalized spacial score (nSPS) is 10.1. The van der Waals surface area contributed by atoms with Gasteiger partial charge in [-0.25, -0.2) is 0 Å². The molecule has 0 spiro atoms. The minimum atomic E-state index is 0.730. The molecule has 2 aromatic rings. The Labute approximate surface area is 120 Å². The predicted molar refractivity (Wildman–Crippen MR) is 83.5 cm³/mol. The first-order valence-electron chi connectivity index (χ1n) is 6.74. The summed E-state index contributed by atoms with van der Waals surface area (Å²) in [6.07, 6.45) is 0. The average Bonchev–Trinajstić information content (AvgIpc) is 2.44. The molecule has 0 saturated heterocycles. The van der Waals surface area contributed by atoms with E-state index in [9.17, 15) is 0 Å². The monoisotopic (exact) mass is 265 g/mol. The third kappa shape index (κ3) is 3.10. The lowest BCUT2D eigenvalue weighted by Gasteiger charge is -2.24. The maximum absolute atomic E-state index is 8.99. The van der Waals surface area contributed by atoms with Crippen molar-refractivity contribution in [1.82, 2.24) is 0 Å². The highest BCUT2D eigenvalue weighted by Gasteiger charge is 2.07. The largest absolute Gasteiger partial charge is 0.399 e.